The molecular weight excluding hydrogens is 518 g/mol. The quantitative estimate of drug-likeness (QED) is 0.394. The van der Waals surface area contributed by atoms with E-state index in [1.165, 1.54) is 17.7 Å². The molecule has 1 aromatic carbocycles. The number of aromatic nitrogens is 4. The zero-order valence-electron chi connectivity index (χ0n) is 21.7. The van der Waals surface area contributed by atoms with Crippen molar-refractivity contribution in [3.8, 4) is 5.69 Å². The number of hydrogen-bond donors (Lipinski definition) is 2. The zero-order valence-corrected chi connectivity index (χ0v) is 21.7. The van der Waals surface area contributed by atoms with E-state index < -0.39 is 23.1 Å². The summed E-state index contributed by atoms with van der Waals surface area (Å²) in [6.07, 6.45) is 7.47. The van der Waals surface area contributed by atoms with Crippen LogP contribution in [0.15, 0.2) is 48.9 Å². The van der Waals surface area contributed by atoms with Gasteiger partial charge in [0.05, 0.1) is 30.8 Å². The number of nitrogens with one attached hydrogen (secondary N) is 2. The molecule has 3 aromatic heterocycles. The highest BCUT2D eigenvalue weighted by atomic mass is 19.1. The number of hydrogen-bond acceptors (Lipinski definition) is 8. The van der Waals surface area contributed by atoms with Gasteiger partial charge in [0.15, 0.2) is 0 Å². The lowest BCUT2D eigenvalue weighted by atomic mass is 10.1. The Morgan fingerprint density at radius 1 is 1.02 bits per heavy atom. The largest absolute Gasteiger partial charge is 0.378 e. The van der Waals surface area contributed by atoms with Gasteiger partial charge in [-0.2, -0.15) is 4.98 Å². The highest BCUT2D eigenvalue weighted by Crippen LogP contribution is 2.38. The molecule has 4 aromatic rings. The molecule has 0 atom stereocenters. The van der Waals surface area contributed by atoms with E-state index in [0.717, 1.165) is 43.3 Å². The fraction of sp³-hybridized carbons (Fsp3) is 0.357. The average molecular weight is 547 g/mol. The first-order valence-electron chi connectivity index (χ1n) is 13.4. The number of amides is 1. The van der Waals surface area contributed by atoms with Gasteiger partial charge in [0.1, 0.15) is 28.7 Å². The van der Waals surface area contributed by atoms with E-state index in [-0.39, 0.29) is 11.2 Å². The molecule has 3 fully saturated rings. The van der Waals surface area contributed by atoms with E-state index in [9.17, 15) is 4.79 Å². The van der Waals surface area contributed by atoms with Crippen LogP contribution in [0.5, 0.6) is 0 Å². The molecule has 0 bridgehead atoms. The van der Waals surface area contributed by atoms with E-state index in [1.807, 2.05) is 12.1 Å². The molecule has 40 heavy (non-hydrogen) atoms. The molecule has 5 heterocycles. The van der Waals surface area contributed by atoms with Gasteiger partial charge in [0.2, 0.25) is 5.95 Å². The van der Waals surface area contributed by atoms with Crippen LogP contribution in [0.2, 0.25) is 0 Å². The fourth-order valence-electron chi connectivity index (χ4n) is 5.43. The lowest BCUT2D eigenvalue weighted by molar-refractivity contribution is 0.0296. The van der Waals surface area contributed by atoms with E-state index in [0.29, 0.717) is 43.3 Å². The van der Waals surface area contributed by atoms with Crippen LogP contribution in [-0.2, 0) is 4.74 Å². The third kappa shape index (κ3) is 4.62. The Morgan fingerprint density at radius 3 is 2.55 bits per heavy atom. The first-order chi connectivity index (χ1) is 19.5. The predicted molar refractivity (Wildman–Crippen MR) is 145 cm³/mol. The second kappa shape index (κ2) is 9.79. The van der Waals surface area contributed by atoms with Crippen molar-refractivity contribution in [2.24, 2.45) is 0 Å². The monoisotopic (exact) mass is 546 g/mol. The van der Waals surface area contributed by atoms with Crippen LogP contribution in [-0.4, -0.2) is 81.8 Å². The van der Waals surface area contributed by atoms with Gasteiger partial charge >= 0.3 is 0 Å². The van der Waals surface area contributed by atoms with E-state index in [1.54, 1.807) is 29.2 Å². The highest BCUT2D eigenvalue weighted by molar-refractivity contribution is 5.95. The molecular formula is C28H28F2N8O2. The van der Waals surface area contributed by atoms with Crippen LogP contribution in [0.4, 0.5) is 26.2 Å². The molecule has 1 amide bonds. The Hall–Kier alpha value is -4.16. The number of anilines is 3. The van der Waals surface area contributed by atoms with Crippen molar-refractivity contribution in [1.82, 2.24) is 29.7 Å². The molecule has 0 unspecified atom stereocenters. The van der Waals surface area contributed by atoms with Gasteiger partial charge in [0, 0.05) is 56.0 Å². The molecule has 12 heteroatoms. The Balaban J connectivity index is 1.12. The van der Waals surface area contributed by atoms with Crippen molar-refractivity contribution in [2.45, 2.75) is 18.4 Å². The van der Waals surface area contributed by atoms with Crippen molar-refractivity contribution in [3.05, 3.63) is 66.1 Å². The Kier molecular flexibility index (Phi) is 6.08. The summed E-state index contributed by atoms with van der Waals surface area (Å²) in [6, 6.07) is 7.98. The number of fused-ring (bicyclic) bond motifs is 1. The van der Waals surface area contributed by atoms with Crippen LogP contribution >= 0.6 is 0 Å². The first kappa shape index (κ1) is 24.9. The lowest BCUT2D eigenvalue weighted by Crippen LogP contribution is -2.52. The maximum atomic E-state index is 15.1. The number of halogens is 2. The Bertz CT molecular complexity index is 1560. The van der Waals surface area contributed by atoms with Crippen LogP contribution in [0.25, 0.3) is 16.7 Å². The van der Waals surface area contributed by atoms with Gasteiger partial charge in [-0.1, -0.05) is 0 Å². The molecule has 206 valence electrons. The standard InChI is InChI=1S/C28H28F2N8O2/c29-21-13-20(14-22(30)24(21)26(39)36-9-11-40-12-10-36)38-7-3-18-15-32-27(35-25(18)38)34-19-1-2-23(31-16-19)37-8-6-33-28(17-37)4-5-28/h1-3,7,13-16,33H,4-6,8-12,17H2,(H,32,34,35). The number of carbonyl (C=O) groups is 1. The minimum absolute atomic E-state index is 0.212. The smallest absolute Gasteiger partial charge is 0.259 e. The summed E-state index contributed by atoms with van der Waals surface area (Å²) in [5.41, 5.74) is 1.09. The molecule has 0 radical (unpaired) electrons. The fourth-order valence-corrected chi connectivity index (χ4v) is 5.43. The topological polar surface area (TPSA) is 100 Å². The molecule has 10 nitrogen and oxygen atoms in total. The Labute approximate surface area is 229 Å². The molecule has 2 saturated heterocycles. The summed E-state index contributed by atoms with van der Waals surface area (Å²) in [6.45, 7) is 4.11. The van der Waals surface area contributed by atoms with Gasteiger partial charge in [-0.25, -0.2) is 18.7 Å². The number of pyridine rings is 1. The van der Waals surface area contributed by atoms with E-state index in [2.05, 4.69) is 30.5 Å². The molecule has 1 aliphatic carbocycles. The summed E-state index contributed by atoms with van der Waals surface area (Å²) in [4.78, 5) is 30.1. The van der Waals surface area contributed by atoms with E-state index in [4.69, 9.17) is 4.74 Å². The number of piperazine rings is 1. The van der Waals surface area contributed by atoms with Crippen molar-refractivity contribution in [2.75, 3.05) is 56.2 Å². The minimum atomic E-state index is -0.927. The van der Waals surface area contributed by atoms with Gasteiger partial charge in [-0.05, 0) is 43.2 Å². The van der Waals surface area contributed by atoms with Crippen molar-refractivity contribution in [3.63, 3.8) is 0 Å². The number of ether oxygens (including phenoxy) is 1. The summed E-state index contributed by atoms with van der Waals surface area (Å²) in [5.74, 6) is -1.28. The lowest BCUT2D eigenvalue weighted by Gasteiger charge is -2.34. The SMILES string of the molecule is O=C(c1c(F)cc(-n2ccc3cnc(Nc4ccc(N5CCNC6(CC6)C5)nc4)nc32)cc1F)N1CCOCC1. The highest BCUT2D eigenvalue weighted by Gasteiger charge is 2.45. The summed E-state index contributed by atoms with van der Waals surface area (Å²) in [5, 5.41) is 7.47. The maximum absolute atomic E-state index is 15.1. The maximum Gasteiger partial charge on any atom is 0.259 e. The van der Waals surface area contributed by atoms with Crippen LogP contribution < -0.4 is 15.5 Å². The zero-order chi connectivity index (χ0) is 27.3. The molecule has 7 rings (SSSR count). The van der Waals surface area contributed by atoms with Gasteiger partial charge < -0.3 is 29.7 Å². The molecule has 2 N–H and O–H groups in total. The predicted octanol–water partition coefficient (Wildman–Crippen LogP) is 3.25. The summed E-state index contributed by atoms with van der Waals surface area (Å²) < 4.78 is 37.0. The van der Waals surface area contributed by atoms with Crippen LogP contribution in [0, 0.1) is 11.6 Å². The van der Waals surface area contributed by atoms with Crippen molar-refractivity contribution < 1.29 is 18.3 Å². The number of morpholine rings is 1. The molecule has 1 saturated carbocycles. The van der Waals surface area contributed by atoms with Gasteiger partial charge in [-0.15, -0.1) is 0 Å². The number of benzene rings is 1. The van der Waals surface area contributed by atoms with Crippen LogP contribution in [0.3, 0.4) is 0 Å². The summed E-state index contributed by atoms with van der Waals surface area (Å²) >= 11 is 0. The number of nitrogens with zero attached hydrogens (tertiary/aromatic N) is 6. The molecule has 1 spiro atoms. The van der Waals surface area contributed by atoms with Crippen molar-refractivity contribution in [1.29, 1.82) is 0 Å². The third-order valence-corrected chi connectivity index (χ3v) is 7.80. The third-order valence-electron chi connectivity index (χ3n) is 7.80. The Morgan fingerprint density at radius 2 is 1.82 bits per heavy atom. The average Bonchev–Trinajstić information content (AvgIpc) is 3.57. The van der Waals surface area contributed by atoms with E-state index >= 15 is 8.78 Å². The summed E-state index contributed by atoms with van der Waals surface area (Å²) in [7, 11) is 0. The van der Waals surface area contributed by atoms with Crippen molar-refractivity contribution >= 4 is 34.4 Å². The molecule has 3 aliphatic rings. The number of rotatable bonds is 5. The molecule has 2 aliphatic heterocycles. The minimum Gasteiger partial charge on any atom is -0.378 e. The normalized spacial score (nSPS) is 18.4. The van der Waals surface area contributed by atoms with Gasteiger partial charge in [0.25, 0.3) is 5.91 Å². The second-order valence-electron chi connectivity index (χ2n) is 10.5. The van der Waals surface area contributed by atoms with Gasteiger partial charge in [-0.3, -0.25) is 4.79 Å². The first-order valence-corrected chi connectivity index (χ1v) is 13.4. The second-order valence-corrected chi connectivity index (χ2v) is 10.5. The van der Waals surface area contributed by atoms with Crippen LogP contribution in [0.1, 0.15) is 23.2 Å². The number of carbonyl (C=O) groups excluding carboxylic acids is 1.